The maximum absolute atomic E-state index is 5.64. The van der Waals surface area contributed by atoms with Crippen molar-refractivity contribution in [2.75, 3.05) is 34.4 Å². The molecule has 1 fully saturated rings. The maximum atomic E-state index is 5.64. The summed E-state index contributed by atoms with van der Waals surface area (Å²) in [6.07, 6.45) is 2.23. The van der Waals surface area contributed by atoms with Gasteiger partial charge in [0.2, 0.25) is 0 Å². The van der Waals surface area contributed by atoms with Gasteiger partial charge in [0.05, 0.1) is 20.8 Å². The molecule has 2 rings (SSSR count). The lowest BCUT2D eigenvalue weighted by atomic mass is 9.87. The normalized spacial score (nSPS) is 16.4. The highest BCUT2D eigenvalue weighted by atomic mass is 16.5. The van der Waals surface area contributed by atoms with E-state index < -0.39 is 0 Å². The van der Waals surface area contributed by atoms with E-state index in [1.54, 1.807) is 21.3 Å². The predicted molar refractivity (Wildman–Crippen MR) is 75.1 cm³/mol. The van der Waals surface area contributed by atoms with Crippen molar-refractivity contribution >= 4 is 0 Å². The van der Waals surface area contributed by atoms with Crippen LogP contribution in [0, 0.1) is 0 Å². The average Bonchev–Trinajstić information content (AvgIpc) is 2.48. The molecule has 1 aromatic rings. The number of piperidine rings is 1. The lowest BCUT2D eigenvalue weighted by molar-refractivity contribution is 0.181. The number of rotatable bonds is 5. The minimum atomic E-state index is 0.489. The van der Waals surface area contributed by atoms with Crippen LogP contribution in [0.4, 0.5) is 0 Å². The molecule has 4 heteroatoms. The molecule has 1 aromatic carbocycles. The van der Waals surface area contributed by atoms with E-state index in [0.29, 0.717) is 12.5 Å². The number of hydrogen-bond donors (Lipinski definition) is 1. The number of methoxy groups -OCH3 is 3. The van der Waals surface area contributed by atoms with Crippen molar-refractivity contribution in [2.45, 2.75) is 25.4 Å². The molecule has 0 aliphatic carbocycles. The highest BCUT2D eigenvalue weighted by Gasteiger charge is 2.24. The third kappa shape index (κ3) is 3.01. The predicted octanol–water partition coefficient (Wildman–Crippen LogP) is 2.32. The van der Waals surface area contributed by atoms with Gasteiger partial charge in [-0.05, 0) is 44.0 Å². The minimum absolute atomic E-state index is 0.489. The van der Waals surface area contributed by atoms with E-state index in [-0.39, 0.29) is 0 Å². The number of benzene rings is 1. The summed E-state index contributed by atoms with van der Waals surface area (Å²) in [5.41, 5.74) is 2.28. The molecule has 19 heavy (non-hydrogen) atoms. The van der Waals surface area contributed by atoms with E-state index in [1.807, 2.05) is 12.1 Å². The Labute approximate surface area is 115 Å². The summed E-state index contributed by atoms with van der Waals surface area (Å²) >= 11 is 0. The Kier molecular flexibility index (Phi) is 5.05. The van der Waals surface area contributed by atoms with Crippen LogP contribution in [0.5, 0.6) is 11.5 Å². The van der Waals surface area contributed by atoms with Crippen molar-refractivity contribution in [3.05, 3.63) is 23.3 Å². The van der Waals surface area contributed by atoms with Crippen LogP contribution < -0.4 is 14.8 Å². The number of hydrogen-bond acceptors (Lipinski definition) is 4. The summed E-state index contributed by atoms with van der Waals surface area (Å²) in [5, 5.41) is 3.39. The third-order valence-corrected chi connectivity index (χ3v) is 3.71. The van der Waals surface area contributed by atoms with Gasteiger partial charge >= 0.3 is 0 Å². The lowest BCUT2D eigenvalue weighted by Crippen LogP contribution is -2.27. The van der Waals surface area contributed by atoms with E-state index in [1.165, 1.54) is 5.56 Å². The van der Waals surface area contributed by atoms with E-state index in [2.05, 4.69) is 5.32 Å². The van der Waals surface area contributed by atoms with Gasteiger partial charge in [-0.1, -0.05) is 0 Å². The summed E-state index contributed by atoms with van der Waals surface area (Å²) in [7, 11) is 5.14. The molecule has 0 radical (unpaired) electrons. The average molecular weight is 265 g/mol. The van der Waals surface area contributed by atoms with Crippen molar-refractivity contribution < 1.29 is 14.2 Å². The van der Waals surface area contributed by atoms with Crippen LogP contribution in [0.1, 0.15) is 29.9 Å². The summed E-state index contributed by atoms with van der Waals surface area (Å²) in [6.45, 7) is 2.65. The Bertz CT molecular complexity index is 414. The van der Waals surface area contributed by atoms with Gasteiger partial charge in [-0.25, -0.2) is 0 Å². The molecule has 4 nitrogen and oxygen atoms in total. The molecule has 0 atom stereocenters. The smallest absolute Gasteiger partial charge is 0.131 e. The zero-order valence-electron chi connectivity index (χ0n) is 12.0. The second-order valence-corrected chi connectivity index (χ2v) is 4.83. The van der Waals surface area contributed by atoms with Gasteiger partial charge in [0.25, 0.3) is 0 Å². The van der Waals surface area contributed by atoms with Crippen LogP contribution in [0.15, 0.2) is 12.1 Å². The molecule has 1 aliphatic rings. The van der Waals surface area contributed by atoms with Crippen LogP contribution in [-0.4, -0.2) is 34.4 Å². The maximum Gasteiger partial charge on any atom is 0.131 e. The molecule has 1 aliphatic heterocycles. The molecule has 0 unspecified atom stereocenters. The summed E-state index contributed by atoms with van der Waals surface area (Å²) in [6, 6.07) is 4.04. The standard InChI is InChI=1S/C15H23NO3/c1-17-10-12-4-5-13(18-2)14(15(12)19-3)11-6-8-16-9-7-11/h4-5,11,16H,6-10H2,1-3H3. The van der Waals surface area contributed by atoms with E-state index >= 15 is 0 Å². The molecule has 0 aromatic heterocycles. The van der Waals surface area contributed by atoms with Crippen LogP contribution in [0.25, 0.3) is 0 Å². The van der Waals surface area contributed by atoms with Crippen LogP contribution in [-0.2, 0) is 11.3 Å². The number of nitrogens with one attached hydrogen (secondary N) is 1. The quantitative estimate of drug-likeness (QED) is 0.887. The topological polar surface area (TPSA) is 39.7 Å². The highest BCUT2D eigenvalue weighted by molar-refractivity contribution is 5.52. The van der Waals surface area contributed by atoms with Gasteiger partial charge in [0.15, 0.2) is 0 Å². The summed E-state index contributed by atoms with van der Waals surface area (Å²) in [4.78, 5) is 0. The van der Waals surface area contributed by atoms with Crippen LogP contribution >= 0.6 is 0 Å². The second kappa shape index (κ2) is 6.78. The molecule has 0 amide bonds. The van der Waals surface area contributed by atoms with Crippen molar-refractivity contribution in [3.63, 3.8) is 0 Å². The van der Waals surface area contributed by atoms with Crippen molar-refractivity contribution in [1.82, 2.24) is 5.32 Å². The molecule has 0 saturated carbocycles. The second-order valence-electron chi connectivity index (χ2n) is 4.83. The van der Waals surface area contributed by atoms with Crippen molar-refractivity contribution in [2.24, 2.45) is 0 Å². The van der Waals surface area contributed by atoms with E-state index in [0.717, 1.165) is 43.0 Å². The molecule has 0 bridgehead atoms. The van der Waals surface area contributed by atoms with Crippen LogP contribution in [0.2, 0.25) is 0 Å². The minimum Gasteiger partial charge on any atom is -0.496 e. The summed E-state index contributed by atoms with van der Waals surface area (Å²) < 4.78 is 16.4. The van der Waals surface area contributed by atoms with Gasteiger partial charge in [0.1, 0.15) is 11.5 Å². The van der Waals surface area contributed by atoms with Crippen molar-refractivity contribution in [1.29, 1.82) is 0 Å². The first-order valence-electron chi connectivity index (χ1n) is 6.75. The molecule has 1 saturated heterocycles. The highest BCUT2D eigenvalue weighted by Crippen LogP contribution is 2.41. The molecular formula is C15H23NO3. The molecule has 1 heterocycles. The first-order valence-corrected chi connectivity index (χ1v) is 6.75. The zero-order valence-corrected chi connectivity index (χ0v) is 12.0. The monoisotopic (exact) mass is 265 g/mol. The lowest BCUT2D eigenvalue weighted by Gasteiger charge is -2.27. The largest absolute Gasteiger partial charge is 0.496 e. The van der Waals surface area contributed by atoms with Crippen LogP contribution in [0.3, 0.4) is 0 Å². The Morgan fingerprint density at radius 3 is 2.42 bits per heavy atom. The number of ether oxygens (including phenoxy) is 3. The molecule has 1 N–H and O–H groups in total. The Morgan fingerprint density at radius 1 is 1.11 bits per heavy atom. The fourth-order valence-electron chi connectivity index (χ4n) is 2.81. The Morgan fingerprint density at radius 2 is 1.84 bits per heavy atom. The van der Waals surface area contributed by atoms with Gasteiger partial charge in [-0.3, -0.25) is 0 Å². The SMILES string of the molecule is COCc1ccc(OC)c(C2CCNCC2)c1OC. The zero-order chi connectivity index (χ0) is 13.7. The van der Waals surface area contributed by atoms with Crippen molar-refractivity contribution in [3.8, 4) is 11.5 Å². The Hall–Kier alpha value is -1.26. The Balaban J connectivity index is 2.43. The fraction of sp³-hybridized carbons (Fsp3) is 0.600. The molecular weight excluding hydrogens is 242 g/mol. The van der Waals surface area contributed by atoms with Gasteiger partial charge in [-0.15, -0.1) is 0 Å². The molecule has 0 spiro atoms. The summed E-state index contributed by atoms with van der Waals surface area (Å²) in [5.74, 6) is 2.33. The van der Waals surface area contributed by atoms with E-state index in [9.17, 15) is 0 Å². The van der Waals surface area contributed by atoms with Gasteiger partial charge in [0, 0.05) is 18.2 Å². The fourth-order valence-corrected chi connectivity index (χ4v) is 2.81. The first kappa shape index (κ1) is 14.2. The van der Waals surface area contributed by atoms with Gasteiger partial charge < -0.3 is 19.5 Å². The third-order valence-electron chi connectivity index (χ3n) is 3.71. The molecule has 106 valence electrons. The van der Waals surface area contributed by atoms with E-state index in [4.69, 9.17) is 14.2 Å². The first-order chi connectivity index (χ1) is 9.31. The van der Waals surface area contributed by atoms with Gasteiger partial charge in [-0.2, -0.15) is 0 Å².